The van der Waals surface area contributed by atoms with Crippen LogP contribution in [0.1, 0.15) is 23.4 Å². The molecule has 0 radical (unpaired) electrons. The summed E-state index contributed by atoms with van der Waals surface area (Å²) in [5.74, 6) is 0. The van der Waals surface area contributed by atoms with Crippen molar-refractivity contribution in [3.05, 3.63) is 50.9 Å². The number of nitrogens with zero attached hydrogens (tertiary/aromatic N) is 1. The Kier molecular flexibility index (Phi) is 4.71. The van der Waals surface area contributed by atoms with Crippen LogP contribution in [0.5, 0.6) is 0 Å². The third-order valence-electron chi connectivity index (χ3n) is 2.57. The number of benzene rings is 1. The molecular formula is C13H15BrN2S. The van der Waals surface area contributed by atoms with E-state index in [1.807, 2.05) is 11.7 Å². The van der Waals surface area contributed by atoms with Gasteiger partial charge in [-0.3, -0.25) is 4.98 Å². The van der Waals surface area contributed by atoms with E-state index in [-0.39, 0.29) is 0 Å². The molecule has 1 heterocycles. The van der Waals surface area contributed by atoms with Crippen LogP contribution >= 0.6 is 27.3 Å². The molecule has 1 aromatic heterocycles. The Labute approximate surface area is 114 Å². The number of nitrogens with one attached hydrogen (secondary N) is 1. The quantitative estimate of drug-likeness (QED) is 0.908. The summed E-state index contributed by atoms with van der Waals surface area (Å²) in [5.41, 5.74) is 3.22. The van der Waals surface area contributed by atoms with E-state index in [0.29, 0.717) is 6.04 Å². The maximum absolute atomic E-state index is 4.15. The van der Waals surface area contributed by atoms with Gasteiger partial charge >= 0.3 is 0 Å². The van der Waals surface area contributed by atoms with Gasteiger partial charge in [-0.25, -0.2) is 0 Å². The van der Waals surface area contributed by atoms with Gasteiger partial charge in [-0.2, -0.15) is 0 Å². The van der Waals surface area contributed by atoms with Crippen molar-refractivity contribution in [2.75, 3.05) is 6.54 Å². The Balaban J connectivity index is 2.13. The molecule has 0 saturated carbocycles. The number of rotatable bonds is 5. The smallest absolute Gasteiger partial charge is 0.0794 e. The lowest BCUT2D eigenvalue weighted by atomic mass is 10.1. The van der Waals surface area contributed by atoms with Gasteiger partial charge in [0.1, 0.15) is 0 Å². The molecule has 4 heteroatoms. The molecule has 2 nitrogen and oxygen atoms in total. The third kappa shape index (κ3) is 3.63. The van der Waals surface area contributed by atoms with Crippen molar-refractivity contribution in [3.8, 4) is 0 Å². The van der Waals surface area contributed by atoms with E-state index in [1.165, 1.54) is 10.4 Å². The minimum absolute atomic E-state index is 0.363. The average Bonchev–Trinajstić information content (AvgIpc) is 2.82. The van der Waals surface area contributed by atoms with Crippen LogP contribution < -0.4 is 5.32 Å². The molecule has 0 aliphatic heterocycles. The summed E-state index contributed by atoms with van der Waals surface area (Å²) in [4.78, 5) is 5.45. The number of thiazole rings is 1. The molecule has 0 aliphatic carbocycles. The Morgan fingerprint density at radius 3 is 3.00 bits per heavy atom. The van der Waals surface area contributed by atoms with E-state index >= 15 is 0 Å². The first-order valence-electron chi connectivity index (χ1n) is 5.66. The molecule has 1 unspecified atom stereocenters. The largest absolute Gasteiger partial charge is 0.309 e. The molecule has 0 spiro atoms. The van der Waals surface area contributed by atoms with E-state index in [9.17, 15) is 0 Å². The summed E-state index contributed by atoms with van der Waals surface area (Å²) in [5, 5.41) is 3.51. The maximum Gasteiger partial charge on any atom is 0.0794 e. The Morgan fingerprint density at radius 2 is 2.35 bits per heavy atom. The molecule has 0 fully saturated rings. The molecule has 0 bridgehead atoms. The fourth-order valence-corrected chi connectivity index (χ4v) is 2.96. The van der Waals surface area contributed by atoms with Gasteiger partial charge in [0, 0.05) is 21.6 Å². The highest BCUT2D eigenvalue weighted by atomic mass is 79.9. The van der Waals surface area contributed by atoms with Crippen LogP contribution in [-0.2, 0) is 6.42 Å². The average molecular weight is 311 g/mol. The summed E-state index contributed by atoms with van der Waals surface area (Å²) >= 11 is 5.22. The van der Waals surface area contributed by atoms with Crippen LogP contribution in [0, 0.1) is 0 Å². The molecule has 17 heavy (non-hydrogen) atoms. The first-order valence-corrected chi connectivity index (χ1v) is 7.33. The van der Waals surface area contributed by atoms with E-state index in [0.717, 1.165) is 17.4 Å². The lowest BCUT2D eigenvalue weighted by Gasteiger charge is -2.16. The van der Waals surface area contributed by atoms with Gasteiger partial charge in [0.2, 0.25) is 0 Å². The Morgan fingerprint density at radius 1 is 1.47 bits per heavy atom. The van der Waals surface area contributed by atoms with Gasteiger partial charge in [-0.05, 0) is 30.7 Å². The van der Waals surface area contributed by atoms with Gasteiger partial charge in [-0.15, -0.1) is 11.3 Å². The minimum Gasteiger partial charge on any atom is -0.309 e. The summed E-state index contributed by atoms with van der Waals surface area (Å²) in [6, 6.07) is 8.83. The molecular weight excluding hydrogens is 296 g/mol. The van der Waals surface area contributed by atoms with Crippen molar-refractivity contribution >= 4 is 27.3 Å². The minimum atomic E-state index is 0.363. The highest BCUT2D eigenvalue weighted by molar-refractivity contribution is 9.10. The molecule has 90 valence electrons. The number of likely N-dealkylation sites (N-methyl/N-ethyl adjacent to an activating group) is 1. The van der Waals surface area contributed by atoms with Gasteiger partial charge in [-0.1, -0.05) is 35.0 Å². The van der Waals surface area contributed by atoms with Crippen LogP contribution in [0.15, 0.2) is 40.4 Å². The van der Waals surface area contributed by atoms with E-state index in [1.54, 1.807) is 11.3 Å². The van der Waals surface area contributed by atoms with Crippen LogP contribution in [0.2, 0.25) is 0 Å². The van der Waals surface area contributed by atoms with Gasteiger partial charge in [0.15, 0.2) is 0 Å². The Bertz CT molecular complexity index is 456. The molecule has 1 atom stereocenters. The van der Waals surface area contributed by atoms with Crippen molar-refractivity contribution in [3.63, 3.8) is 0 Å². The molecule has 1 N–H and O–H groups in total. The third-order valence-corrected chi connectivity index (χ3v) is 3.96. The summed E-state index contributed by atoms with van der Waals surface area (Å²) in [6.45, 7) is 3.10. The summed E-state index contributed by atoms with van der Waals surface area (Å²) in [6.07, 6.45) is 2.95. The van der Waals surface area contributed by atoms with Crippen molar-refractivity contribution in [1.29, 1.82) is 0 Å². The van der Waals surface area contributed by atoms with Gasteiger partial charge < -0.3 is 5.32 Å². The predicted molar refractivity (Wildman–Crippen MR) is 76.4 cm³/mol. The lowest BCUT2D eigenvalue weighted by molar-refractivity contribution is 0.557. The van der Waals surface area contributed by atoms with Crippen LogP contribution in [0.4, 0.5) is 0 Å². The van der Waals surface area contributed by atoms with Crippen molar-refractivity contribution < 1.29 is 0 Å². The Hall–Kier alpha value is -0.710. The van der Waals surface area contributed by atoms with Crippen LogP contribution in [0.3, 0.4) is 0 Å². The molecule has 0 aliphatic rings. The first-order chi connectivity index (χ1) is 8.29. The fraction of sp³-hybridized carbons (Fsp3) is 0.308. The highest BCUT2D eigenvalue weighted by Crippen LogP contribution is 2.23. The normalized spacial score (nSPS) is 12.6. The monoisotopic (exact) mass is 310 g/mol. The standard InChI is InChI=1S/C13H15BrN2S/c1-2-16-12(13-8-15-9-17-13)7-10-4-3-5-11(14)6-10/h3-6,8-9,12,16H,2,7H2,1H3. The zero-order valence-electron chi connectivity index (χ0n) is 9.69. The number of hydrogen-bond donors (Lipinski definition) is 1. The topological polar surface area (TPSA) is 24.9 Å². The zero-order valence-corrected chi connectivity index (χ0v) is 12.1. The predicted octanol–water partition coefficient (Wildman–Crippen LogP) is 3.80. The number of halogens is 1. The van der Waals surface area contributed by atoms with E-state index < -0.39 is 0 Å². The first kappa shape index (κ1) is 12.7. The van der Waals surface area contributed by atoms with Crippen LogP contribution in [-0.4, -0.2) is 11.5 Å². The van der Waals surface area contributed by atoms with E-state index in [4.69, 9.17) is 0 Å². The number of hydrogen-bond acceptors (Lipinski definition) is 3. The maximum atomic E-state index is 4.15. The number of aromatic nitrogens is 1. The zero-order chi connectivity index (χ0) is 12.1. The summed E-state index contributed by atoms with van der Waals surface area (Å²) in [7, 11) is 0. The highest BCUT2D eigenvalue weighted by Gasteiger charge is 2.12. The molecule has 0 amide bonds. The van der Waals surface area contributed by atoms with Crippen LogP contribution in [0.25, 0.3) is 0 Å². The molecule has 2 rings (SSSR count). The van der Waals surface area contributed by atoms with Crippen molar-refractivity contribution in [1.82, 2.24) is 10.3 Å². The molecule has 1 aromatic carbocycles. The van der Waals surface area contributed by atoms with Gasteiger partial charge in [0.05, 0.1) is 5.51 Å². The molecule has 0 saturated heterocycles. The van der Waals surface area contributed by atoms with E-state index in [2.05, 4.69) is 57.4 Å². The van der Waals surface area contributed by atoms with Crippen molar-refractivity contribution in [2.45, 2.75) is 19.4 Å². The summed E-state index contributed by atoms with van der Waals surface area (Å²) < 4.78 is 1.13. The molecule has 2 aromatic rings. The second-order valence-corrected chi connectivity index (χ2v) is 5.68. The second-order valence-electron chi connectivity index (χ2n) is 3.85. The van der Waals surface area contributed by atoms with Gasteiger partial charge in [0.25, 0.3) is 0 Å². The van der Waals surface area contributed by atoms with Crippen molar-refractivity contribution in [2.24, 2.45) is 0 Å². The SMILES string of the molecule is CCNC(Cc1cccc(Br)c1)c1cncs1. The fourth-order valence-electron chi connectivity index (χ4n) is 1.82. The lowest BCUT2D eigenvalue weighted by Crippen LogP contribution is -2.22. The second kappa shape index (κ2) is 6.28.